The maximum absolute atomic E-state index is 9.95. The summed E-state index contributed by atoms with van der Waals surface area (Å²) in [5.41, 5.74) is -0.763. The van der Waals surface area contributed by atoms with Crippen molar-refractivity contribution in [2.45, 2.75) is 25.6 Å². The summed E-state index contributed by atoms with van der Waals surface area (Å²) in [5, 5.41) is 9.95. The molecular weight excluding hydrogens is 168 g/mol. The third kappa shape index (κ3) is 2.00. The van der Waals surface area contributed by atoms with E-state index in [0.717, 1.165) is 5.84 Å². The maximum atomic E-state index is 9.95. The molecule has 4 heteroatoms. The lowest BCUT2D eigenvalue weighted by atomic mass is 10.0. The third-order valence-electron chi connectivity index (χ3n) is 2.66. The summed E-state index contributed by atoms with van der Waals surface area (Å²) in [5.74, 6) is 0.944. The summed E-state index contributed by atoms with van der Waals surface area (Å²) >= 11 is 0. The van der Waals surface area contributed by atoms with Gasteiger partial charge in [0.05, 0.1) is 12.4 Å². The van der Waals surface area contributed by atoms with E-state index in [0.29, 0.717) is 13.1 Å². The minimum Gasteiger partial charge on any atom is -0.386 e. The Hall–Kier alpha value is -0.610. The minimum absolute atomic E-state index is 0.121. The molecule has 0 saturated carbocycles. The second-order valence-electron chi connectivity index (χ2n) is 3.73. The largest absolute Gasteiger partial charge is 0.386 e. The summed E-state index contributed by atoms with van der Waals surface area (Å²) in [7, 11) is 3.38. The number of aliphatic hydroxyl groups is 1. The molecule has 1 N–H and O–H groups in total. The van der Waals surface area contributed by atoms with Crippen LogP contribution in [0.25, 0.3) is 0 Å². The summed E-state index contributed by atoms with van der Waals surface area (Å²) in [6.45, 7) is 5.04. The first kappa shape index (κ1) is 10.5. The molecule has 0 unspecified atom stereocenters. The zero-order valence-corrected chi connectivity index (χ0v) is 8.74. The molecule has 0 aromatic heterocycles. The molecule has 0 aromatic rings. The SMILES string of the molecule is CN=C(C)N1C[C@H](OC)[C@](C)(O)C1. The number of hydrogen-bond acceptors (Lipinski definition) is 3. The van der Waals surface area contributed by atoms with Crippen molar-refractivity contribution in [1.29, 1.82) is 0 Å². The highest BCUT2D eigenvalue weighted by molar-refractivity contribution is 5.80. The van der Waals surface area contributed by atoms with Crippen molar-refractivity contribution in [2.24, 2.45) is 4.99 Å². The average Bonchev–Trinajstić information content (AvgIpc) is 2.39. The summed E-state index contributed by atoms with van der Waals surface area (Å²) < 4.78 is 5.20. The van der Waals surface area contributed by atoms with Crippen LogP contribution in [0.1, 0.15) is 13.8 Å². The second-order valence-corrected chi connectivity index (χ2v) is 3.73. The summed E-state index contributed by atoms with van der Waals surface area (Å²) in [6.07, 6.45) is -0.121. The zero-order valence-electron chi connectivity index (χ0n) is 8.74. The predicted octanol–water partition coefficient (Wildman–Crippen LogP) is 0.116. The van der Waals surface area contributed by atoms with Crippen molar-refractivity contribution in [1.82, 2.24) is 4.90 Å². The van der Waals surface area contributed by atoms with Gasteiger partial charge in [-0.25, -0.2) is 0 Å². The second kappa shape index (κ2) is 3.64. The monoisotopic (exact) mass is 186 g/mol. The molecule has 13 heavy (non-hydrogen) atoms. The molecular formula is C9H18N2O2. The smallest absolute Gasteiger partial charge is 0.107 e. The van der Waals surface area contributed by atoms with Crippen LogP contribution >= 0.6 is 0 Å². The van der Waals surface area contributed by atoms with E-state index in [1.165, 1.54) is 0 Å². The zero-order chi connectivity index (χ0) is 10.1. The van der Waals surface area contributed by atoms with Crippen LogP contribution in [0.3, 0.4) is 0 Å². The Morgan fingerprint density at radius 3 is 2.69 bits per heavy atom. The first-order valence-corrected chi connectivity index (χ1v) is 4.44. The predicted molar refractivity (Wildman–Crippen MR) is 52.0 cm³/mol. The van der Waals surface area contributed by atoms with E-state index in [1.807, 2.05) is 11.8 Å². The summed E-state index contributed by atoms with van der Waals surface area (Å²) in [4.78, 5) is 6.12. The number of amidine groups is 1. The van der Waals surface area contributed by atoms with Crippen LogP contribution in [0.2, 0.25) is 0 Å². The molecule has 0 spiro atoms. The van der Waals surface area contributed by atoms with E-state index >= 15 is 0 Å². The lowest BCUT2D eigenvalue weighted by molar-refractivity contribution is -0.0474. The highest BCUT2D eigenvalue weighted by Crippen LogP contribution is 2.23. The van der Waals surface area contributed by atoms with Gasteiger partial charge in [-0.05, 0) is 13.8 Å². The number of methoxy groups -OCH3 is 1. The topological polar surface area (TPSA) is 45.1 Å². The molecule has 1 aliphatic heterocycles. The first-order chi connectivity index (χ1) is 6.01. The van der Waals surface area contributed by atoms with E-state index in [9.17, 15) is 5.11 Å². The van der Waals surface area contributed by atoms with E-state index in [2.05, 4.69) is 4.99 Å². The fraction of sp³-hybridized carbons (Fsp3) is 0.889. The van der Waals surface area contributed by atoms with Gasteiger partial charge in [0.1, 0.15) is 11.7 Å². The van der Waals surface area contributed by atoms with Crippen molar-refractivity contribution in [3.05, 3.63) is 0 Å². The van der Waals surface area contributed by atoms with Crippen molar-refractivity contribution in [3.63, 3.8) is 0 Å². The number of aliphatic imine (C=N–C) groups is 1. The standard InChI is InChI=1S/C9H18N2O2/c1-7(10-3)11-5-8(13-4)9(2,12)6-11/h8,12H,5-6H2,1-4H3/t8-,9+/m0/s1. The van der Waals surface area contributed by atoms with Gasteiger partial charge in [-0.1, -0.05) is 0 Å². The molecule has 1 heterocycles. The van der Waals surface area contributed by atoms with Gasteiger partial charge in [-0.2, -0.15) is 0 Å². The first-order valence-electron chi connectivity index (χ1n) is 4.44. The van der Waals surface area contributed by atoms with Gasteiger partial charge in [-0.3, -0.25) is 4.99 Å². The fourth-order valence-corrected chi connectivity index (χ4v) is 1.67. The molecule has 0 aromatic carbocycles. The highest BCUT2D eigenvalue weighted by atomic mass is 16.5. The molecule has 1 aliphatic rings. The van der Waals surface area contributed by atoms with Gasteiger partial charge in [0.25, 0.3) is 0 Å². The molecule has 0 bridgehead atoms. The van der Waals surface area contributed by atoms with Crippen LogP contribution < -0.4 is 0 Å². The number of nitrogens with zero attached hydrogens (tertiary/aromatic N) is 2. The van der Waals surface area contributed by atoms with E-state index in [4.69, 9.17) is 4.74 Å². The van der Waals surface area contributed by atoms with Crippen LogP contribution in [0, 0.1) is 0 Å². The normalized spacial score (nSPS) is 35.6. The number of ether oxygens (including phenoxy) is 1. The van der Waals surface area contributed by atoms with Crippen molar-refractivity contribution >= 4 is 5.84 Å². The molecule has 4 nitrogen and oxygen atoms in total. The van der Waals surface area contributed by atoms with Gasteiger partial charge < -0.3 is 14.7 Å². The van der Waals surface area contributed by atoms with Gasteiger partial charge in [0, 0.05) is 20.7 Å². The number of rotatable bonds is 1. The Labute approximate surface area is 79.2 Å². The van der Waals surface area contributed by atoms with Crippen LogP contribution in [0.15, 0.2) is 4.99 Å². The van der Waals surface area contributed by atoms with Crippen molar-refractivity contribution in [3.8, 4) is 0 Å². The van der Waals surface area contributed by atoms with Gasteiger partial charge in [0.2, 0.25) is 0 Å². The summed E-state index contributed by atoms with van der Waals surface area (Å²) in [6, 6.07) is 0. The van der Waals surface area contributed by atoms with Crippen LogP contribution in [-0.2, 0) is 4.74 Å². The minimum atomic E-state index is -0.763. The quantitative estimate of drug-likeness (QED) is 0.467. The van der Waals surface area contributed by atoms with Crippen LogP contribution in [-0.4, -0.2) is 54.8 Å². The molecule has 1 saturated heterocycles. The molecule has 0 radical (unpaired) electrons. The number of likely N-dealkylation sites (tertiary alicyclic amines) is 1. The van der Waals surface area contributed by atoms with E-state index < -0.39 is 5.60 Å². The highest BCUT2D eigenvalue weighted by Gasteiger charge is 2.42. The van der Waals surface area contributed by atoms with Crippen molar-refractivity contribution in [2.75, 3.05) is 27.2 Å². The van der Waals surface area contributed by atoms with Crippen molar-refractivity contribution < 1.29 is 9.84 Å². The number of β-amino-alcohol motifs (C(OH)–C–C–N with tert-alkyl or cyclic N) is 1. The average molecular weight is 186 g/mol. The van der Waals surface area contributed by atoms with Crippen LogP contribution in [0.5, 0.6) is 0 Å². The maximum Gasteiger partial charge on any atom is 0.107 e. The molecule has 76 valence electrons. The van der Waals surface area contributed by atoms with Gasteiger partial charge in [0.15, 0.2) is 0 Å². The van der Waals surface area contributed by atoms with E-state index in [-0.39, 0.29) is 6.10 Å². The molecule has 1 rings (SSSR count). The molecule has 0 aliphatic carbocycles. The Bertz CT molecular complexity index is 214. The Kier molecular flexibility index (Phi) is 2.93. The third-order valence-corrected chi connectivity index (χ3v) is 2.66. The van der Waals surface area contributed by atoms with Crippen LogP contribution in [0.4, 0.5) is 0 Å². The Morgan fingerprint density at radius 2 is 2.31 bits per heavy atom. The van der Waals surface area contributed by atoms with Gasteiger partial charge >= 0.3 is 0 Å². The van der Waals surface area contributed by atoms with E-state index in [1.54, 1.807) is 21.1 Å². The van der Waals surface area contributed by atoms with Gasteiger partial charge in [-0.15, -0.1) is 0 Å². The lowest BCUT2D eigenvalue weighted by Crippen LogP contribution is -2.39. The molecule has 0 amide bonds. The Balaban J connectivity index is 2.69. The molecule has 2 atom stereocenters. The number of hydrogen-bond donors (Lipinski definition) is 1. The fourth-order valence-electron chi connectivity index (χ4n) is 1.67. The Morgan fingerprint density at radius 1 is 1.69 bits per heavy atom. The molecule has 1 fully saturated rings. The lowest BCUT2D eigenvalue weighted by Gasteiger charge is -2.22.